The van der Waals surface area contributed by atoms with Crippen molar-refractivity contribution in [3.8, 4) is 5.75 Å². The fourth-order valence-corrected chi connectivity index (χ4v) is 2.45. The average Bonchev–Trinajstić information content (AvgIpc) is 2.56. The highest BCUT2D eigenvalue weighted by atomic mass is 16.5. The zero-order valence-electron chi connectivity index (χ0n) is 14.2. The van der Waals surface area contributed by atoms with Crippen LogP contribution in [-0.2, 0) is 11.3 Å². The van der Waals surface area contributed by atoms with Crippen LogP contribution < -0.4 is 10.1 Å². The molecule has 22 heavy (non-hydrogen) atoms. The molecule has 0 aliphatic rings. The summed E-state index contributed by atoms with van der Waals surface area (Å²) in [5.74, 6) is 0.996. The van der Waals surface area contributed by atoms with Crippen LogP contribution in [0.1, 0.15) is 70.3 Å². The van der Waals surface area contributed by atoms with E-state index in [1.165, 1.54) is 44.9 Å². The minimum Gasteiger partial charge on any atom is -0.497 e. The number of benzene rings is 1. The van der Waals surface area contributed by atoms with E-state index < -0.39 is 0 Å². The lowest BCUT2D eigenvalue weighted by atomic mass is 10.1. The van der Waals surface area contributed by atoms with E-state index in [0.29, 0.717) is 13.0 Å². The quantitative estimate of drug-likeness (QED) is 0.561. The second kappa shape index (κ2) is 12.1. The van der Waals surface area contributed by atoms with Crippen LogP contribution in [0.15, 0.2) is 24.3 Å². The summed E-state index contributed by atoms with van der Waals surface area (Å²) in [7, 11) is 1.65. The van der Waals surface area contributed by atoms with Crippen LogP contribution in [0.25, 0.3) is 0 Å². The molecule has 124 valence electrons. The number of carbonyl (C=O) groups is 1. The Labute approximate surface area is 135 Å². The third kappa shape index (κ3) is 8.71. The predicted octanol–water partition coefficient (Wildman–Crippen LogP) is 4.84. The summed E-state index contributed by atoms with van der Waals surface area (Å²) in [5, 5.41) is 2.98. The molecule has 0 heterocycles. The van der Waals surface area contributed by atoms with Gasteiger partial charge in [0.25, 0.3) is 0 Å². The van der Waals surface area contributed by atoms with Gasteiger partial charge in [-0.25, -0.2) is 0 Å². The molecule has 0 radical (unpaired) electrons. The fraction of sp³-hybridized carbons (Fsp3) is 0.632. The number of carbonyl (C=O) groups excluding carboxylic acids is 1. The molecule has 0 spiro atoms. The molecule has 0 aliphatic carbocycles. The van der Waals surface area contributed by atoms with Crippen LogP contribution in [0.3, 0.4) is 0 Å². The Morgan fingerprint density at radius 2 is 1.55 bits per heavy atom. The number of rotatable bonds is 12. The summed E-state index contributed by atoms with van der Waals surface area (Å²) in [6.45, 7) is 2.84. The van der Waals surface area contributed by atoms with Gasteiger partial charge in [0.2, 0.25) is 5.91 Å². The minimum absolute atomic E-state index is 0.154. The van der Waals surface area contributed by atoms with E-state index >= 15 is 0 Å². The molecule has 1 aromatic rings. The molecular formula is C19H31NO2. The number of ether oxygens (including phenoxy) is 1. The van der Waals surface area contributed by atoms with Crippen molar-refractivity contribution in [3.05, 3.63) is 29.8 Å². The minimum atomic E-state index is 0.154. The van der Waals surface area contributed by atoms with Crippen molar-refractivity contribution in [2.45, 2.75) is 71.3 Å². The molecular weight excluding hydrogens is 274 g/mol. The van der Waals surface area contributed by atoms with Crippen LogP contribution in [-0.4, -0.2) is 13.0 Å². The maximum Gasteiger partial charge on any atom is 0.220 e. The first kappa shape index (κ1) is 18.5. The second-order valence-corrected chi connectivity index (χ2v) is 5.85. The van der Waals surface area contributed by atoms with Gasteiger partial charge >= 0.3 is 0 Å². The monoisotopic (exact) mass is 305 g/mol. The summed E-state index contributed by atoms with van der Waals surface area (Å²) in [5.41, 5.74) is 1.10. The van der Waals surface area contributed by atoms with Crippen LogP contribution in [0, 0.1) is 0 Å². The highest BCUT2D eigenvalue weighted by molar-refractivity contribution is 5.75. The molecule has 1 aromatic carbocycles. The number of methoxy groups -OCH3 is 1. The molecule has 0 saturated heterocycles. The molecule has 0 aromatic heterocycles. The van der Waals surface area contributed by atoms with Gasteiger partial charge in [-0.15, -0.1) is 0 Å². The van der Waals surface area contributed by atoms with Crippen molar-refractivity contribution in [3.63, 3.8) is 0 Å². The van der Waals surface area contributed by atoms with Crippen molar-refractivity contribution >= 4 is 5.91 Å². The standard InChI is InChI=1S/C19H31NO2/c1-3-4-5-6-7-8-9-10-11-19(21)20-16-17-12-14-18(22-2)15-13-17/h12-15H,3-11,16H2,1-2H3,(H,20,21). The molecule has 0 atom stereocenters. The number of hydrogen-bond acceptors (Lipinski definition) is 2. The lowest BCUT2D eigenvalue weighted by Crippen LogP contribution is -2.22. The van der Waals surface area contributed by atoms with Crippen molar-refractivity contribution in [2.24, 2.45) is 0 Å². The van der Waals surface area contributed by atoms with Crippen LogP contribution in [0.4, 0.5) is 0 Å². The Morgan fingerprint density at radius 1 is 0.955 bits per heavy atom. The van der Waals surface area contributed by atoms with Gasteiger partial charge in [-0.2, -0.15) is 0 Å². The van der Waals surface area contributed by atoms with E-state index in [2.05, 4.69) is 12.2 Å². The Bertz CT molecular complexity index is 400. The molecule has 0 aliphatic heterocycles. The molecule has 0 saturated carbocycles. The maximum absolute atomic E-state index is 11.8. The number of nitrogens with one attached hydrogen (secondary N) is 1. The summed E-state index contributed by atoms with van der Waals surface area (Å²) in [6, 6.07) is 7.80. The zero-order valence-corrected chi connectivity index (χ0v) is 14.2. The lowest BCUT2D eigenvalue weighted by Gasteiger charge is -2.06. The first-order valence-electron chi connectivity index (χ1n) is 8.66. The van der Waals surface area contributed by atoms with Crippen LogP contribution >= 0.6 is 0 Å². The van der Waals surface area contributed by atoms with Crippen molar-refractivity contribution in [2.75, 3.05) is 7.11 Å². The summed E-state index contributed by atoms with van der Waals surface area (Å²) in [4.78, 5) is 11.8. The molecule has 3 heteroatoms. The van der Waals surface area contributed by atoms with Crippen molar-refractivity contribution < 1.29 is 9.53 Å². The third-order valence-electron chi connectivity index (χ3n) is 3.91. The predicted molar refractivity (Wildman–Crippen MR) is 92.1 cm³/mol. The Morgan fingerprint density at radius 3 is 2.14 bits per heavy atom. The molecule has 0 unspecified atom stereocenters. The molecule has 1 amide bonds. The van der Waals surface area contributed by atoms with Crippen molar-refractivity contribution in [1.29, 1.82) is 0 Å². The molecule has 1 rings (SSSR count). The average molecular weight is 305 g/mol. The number of amides is 1. The second-order valence-electron chi connectivity index (χ2n) is 5.85. The van der Waals surface area contributed by atoms with Gasteiger partial charge in [-0.3, -0.25) is 4.79 Å². The first-order chi connectivity index (χ1) is 10.8. The van der Waals surface area contributed by atoms with Gasteiger partial charge in [0, 0.05) is 13.0 Å². The van der Waals surface area contributed by atoms with Crippen LogP contribution in [0.2, 0.25) is 0 Å². The number of unbranched alkanes of at least 4 members (excludes halogenated alkanes) is 7. The largest absolute Gasteiger partial charge is 0.497 e. The van der Waals surface area contributed by atoms with Gasteiger partial charge in [0.15, 0.2) is 0 Å². The summed E-state index contributed by atoms with van der Waals surface area (Å²) in [6.07, 6.45) is 10.7. The normalized spacial score (nSPS) is 10.5. The number of hydrogen-bond donors (Lipinski definition) is 1. The molecule has 3 nitrogen and oxygen atoms in total. The van der Waals surface area contributed by atoms with E-state index in [1.54, 1.807) is 7.11 Å². The van der Waals surface area contributed by atoms with Crippen molar-refractivity contribution in [1.82, 2.24) is 5.32 Å². The van der Waals surface area contributed by atoms with Gasteiger partial charge in [-0.05, 0) is 24.1 Å². The van der Waals surface area contributed by atoms with E-state index in [1.807, 2.05) is 24.3 Å². The van der Waals surface area contributed by atoms with Gasteiger partial charge in [0.1, 0.15) is 5.75 Å². The maximum atomic E-state index is 11.8. The van der Waals surface area contributed by atoms with Gasteiger partial charge < -0.3 is 10.1 Å². The lowest BCUT2D eigenvalue weighted by molar-refractivity contribution is -0.121. The van der Waals surface area contributed by atoms with Gasteiger partial charge in [-0.1, -0.05) is 64.0 Å². The first-order valence-corrected chi connectivity index (χ1v) is 8.66. The van der Waals surface area contributed by atoms with Crippen LogP contribution in [0.5, 0.6) is 5.75 Å². The summed E-state index contributed by atoms with van der Waals surface area (Å²) < 4.78 is 5.11. The molecule has 0 fully saturated rings. The van der Waals surface area contributed by atoms with Gasteiger partial charge in [0.05, 0.1) is 7.11 Å². The third-order valence-corrected chi connectivity index (χ3v) is 3.91. The summed E-state index contributed by atoms with van der Waals surface area (Å²) >= 11 is 0. The Kier molecular flexibility index (Phi) is 10.2. The SMILES string of the molecule is CCCCCCCCCCC(=O)NCc1ccc(OC)cc1. The van der Waals surface area contributed by atoms with E-state index in [0.717, 1.165) is 17.7 Å². The zero-order chi connectivity index (χ0) is 16.0. The molecule has 0 bridgehead atoms. The highest BCUT2D eigenvalue weighted by Gasteiger charge is 2.01. The smallest absolute Gasteiger partial charge is 0.220 e. The van der Waals surface area contributed by atoms with E-state index in [-0.39, 0.29) is 5.91 Å². The van der Waals surface area contributed by atoms with E-state index in [9.17, 15) is 4.79 Å². The Hall–Kier alpha value is -1.51. The topological polar surface area (TPSA) is 38.3 Å². The van der Waals surface area contributed by atoms with E-state index in [4.69, 9.17) is 4.74 Å². The Balaban J connectivity index is 2.01. The highest BCUT2D eigenvalue weighted by Crippen LogP contribution is 2.11. The molecule has 1 N–H and O–H groups in total. The fourth-order valence-electron chi connectivity index (χ4n) is 2.45.